The van der Waals surface area contributed by atoms with E-state index < -0.39 is 0 Å². The fourth-order valence-corrected chi connectivity index (χ4v) is 3.63. The van der Waals surface area contributed by atoms with Crippen molar-refractivity contribution in [2.24, 2.45) is 0 Å². The van der Waals surface area contributed by atoms with E-state index in [0.29, 0.717) is 23.5 Å². The van der Waals surface area contributed by atoms with Crippen LogP contribution in [0.5, 0.6) is 11.5 Å². The standard InChI is InChI=1S/C25H42O3/c1-4-5-6-7-8-9-10-11-12-13-14-15-16-17-18-23(26)22-19-20-24(27-2)25(21-22)28-3/h19-21H,4-18H2,1-3H3. The maximum Gasteiger partial charge on any atom is 0.163 e. The van der Waals surface area contributed by atoms with E-state index >= 15 is 0 Å². The van der Waals surface area contributed by atoms with Crippen LogP contribution in [0.3, 0.4) is 0 Å². The van der Waals surface area contributed by atoms with Gasteiger partial charge in [-0.3, -0.25) is 4.79 Å². The lowest BCUT2D eigenvalue weighted by molar-refractivity contribution is 0.0978. The Labute approximate surface area is 173 Å². The Hall–Kier alpha value is -1.51. The number of hydrogen-bond acceptors (Lipinski definition) is 3. The normalized spacial score (nSPS) is 10.8. The summed E-state index contributed by atoms with van der Waals surface area (Å²) >= 11 is 0. The molecule has 0 amide bonds. The van der Waals surface area contributed by atoms with Crippen LogP contribution in [0.2, 0.25) is 0 Å². The fourth-order valence-electron chi connectivity index (χ4n) is 3.63. The van der Waals surface area contributed by atoms with Crippen molar-refractivity contribution in [3.63, 3.8) is 0 Å². The number of methoxy groups -OCH3 is 2. The van der Waals surface area contributed by atoms with Gasteiger partial charge < -0.3 is 9.47 Å². The highest BCUT2D eigenvalue weighted by molar-refractivity contribution is 5.96. The van der Waals surface area contributed by atoms with Gasteiger partial charge in [-0.1, -0.05) is 90.4 Å². The summed E-state index contributed by atoms with van der Waals surface area (Å²) < 4.78 is 10.5. The van der Waals surface area contributed by atoms with Gasteiger partial charge in [-0.15, -0.1) is 0 Å². The summed E-state index contributed by atoms with van der Waals surface area (Å²) in [5.74, 6) is 1.48. The monoisotopic (exact) mass is 390 g/mol. The maximum absolute atomic E-state index is 12.3. The van der Waals surface area contributed by atoms with E-state index in [2.05, 4.69) is 6.92 Å². The van der Waals surface area contributed by atoms with Crippen LogP contribution in [0.1, 0.15) is 114 Å². The van der Waals surface area contributed by atoms with E-state index in [0.717, 1.165) is 12.8 Å². The Kier molecular flexibility index (Phi) is 14.4. The van der Waals surface area contributed by atoms with Gasteiger partial charge in [0.25, 0.3) is 0 Å². The largest absolute Gasteiger partial charge is 0.493 e. The molecule has 0 unspecified atom stereocenters. The number of hydrogen-bond donors (Lipinski definition) is 0. The van der Waals surface area contributed by atoms with Crippen LogP contribution in [-0.4, -0.2) is 20.0 Å². The van der Waals surface area contributed by atoms with Gasteiger partial charge in [0.05, 0.1) is 14.2 Å². The minimum Gasteiger partial charge on any atom is -0.493 e. The van der Waals surface area contributed by atoms with Crippen molar-refractivity contribution in [1.82, 2.24) is 0 Å². The molecule has 0 saturated heterocycles. The molecule has 1 rings (SSSR count). The van der Waals surface area contributed by atoms with E-state index in [9.17, 15) is 4.79 Å². The first-order chi connectivity index (χ1) is 13.7. The highest BCUT2D eigenvalue weighted by Crippen LogP contribution is 2.28. The number of rotatable bonds is 18. The second-order valence-electron chi connectivity index (χ2n) is 7.84. The predicted molar refractivity (Wildman–Crippen MR) is 119 cm³/mol. The summed E-state index contributed by atoms with van der Waals surface area (Å²) in [4.78, 5) is 12.3. The van der Waals surface area contributed by atoms with Crippen molar-refractivity contribution >= 4 is 5.78 Å². The molecule has 3 heteroatoms. The Morgan fingerprint density at radius 1 is 0.679 bits per heavy atom. The van der Waals surface area contributed by atoms with Crippen LogP contribution in [0.15, 0.2) is 18.2 Å². The minimum absolute atomic E-state index is 0.194. The Bertz CT molecular complexity index is 525. The van der Waals surface area contributed by atoms with Crippen LogP contribution in [0.4, 0.5) is 0 Å². The van der Waals surface area contributed by atoms with Crippen molar-refractivity contribution < 1.29 is 14.3 Å². The first kappa shape index (κ1) is 24.5. The molecule has 0 spiro atoms. The van der Waals surface area contributed by atoms with E-state index in [-0.39, 0.29) is 5.78 Å². The third kappa shape index (κ3) is 10.7. The first-order valence-electron chi connectivity index (χ1n) is 11.5. The molecular weight excluding hydrogens is 348 g/mol. The number of unbranched alkanes of at least 4 members (excludes halogenated alkanes) is 13. The molecule has 0 N–H and O–H groups in total. The molecule has 0 aromatic heterocycles. The molecule has 160 valence electrons. The average Bonchev–Trinajstić information content (AvgIpc) is 2.73. The molecule has 0 heterocycles. The van der Waals surface area contributed by atoms with Crippen molar-refractivity contribution in [3.05, 3.63) is 23.8 Å². The van der Waals surface area contributed by atoms with Crippen LogP contribution in [0, 0.1) is 0 Å². The highest BCUT2D eigenvalue weighted by Gasteiger charge is 2.10. The summed E-state index contributed by atoms with van der Waals surface area (Å²) in [5.41, 5.74) is 0.715. The first-order valence-corrected chi connectivity index (χ1v) is 11.5. The van der Waals surface area contributed by atoms with Crippen molar-refractivity contribution in [1.29, 1.82) is 0 Å². The number of Topliss-reactive ketones (excluding diaryl/α,β-unsaturated/α-hetero) is 1. The van der Waals surface area contributed by atoms with Crippen LogP contribution < -0.4 is 9.47 Å². The van der Waals surface area contributed by atoms with Gasteiger partial charge in [-0.25, -0.2) is 0 Å². The zero-order chi connectivity index (χ0) is 20.5. The Balaban J connectivity index is 1.99. The SMILES string of the molecule is CCCCCCCCCCCCCCCCC(=O)c1ccc(OC)c(OC)c1. The smallest absolute Gasteiger partial charge is 0.163 e. The van der Waals surface area contributed by atoms with Crippen molar-refractivity contribution in [3.8, 4) is 11.5 Å². The van der Waals surface area contributed by atoms with Gasteiger partial charge in [0.2, 0.25) is 0 Å². The van der Waals surface area contributed by atoms with Gasteiger partial charge in [0.15, 0.2) is 17.3 Å². The molecule has 0 bridgehead atoms. The topological polar surface area (TPSA) is 35.5 Å². The number of ketones is 1. The lowest BCUT2D eigenvalue weighted by Crippen LogP contribution is -2.00. The summed E-state index contributed by atoms with van der Waals surface area (Å²) in [7, 11) is 3.20. The molecule has 1 aromatic carbocycles. The number of ether oxygens (including phenoxy) is 2. The van der Waals surface area contributed by atoms with Gasteiger partial charge in [0.1, 0.15) is 0 Å². The summed E-state index contributed by atoms with van der Waals surface area (Å²) in [6.07, 6.45) is 19.3. The number of carbonyl (C=O) groups is 1. The summed E-state index contributed by atoms with van der Waals surface area (Å²) in [6, 6.07) is 5.41. The lowest BCUT2D eigenvalue weighted by atomic mass is 10.0. The molecule has 0 aliphatic carbocycles. The molecule has 28 heavy (non-hydrogen) atoms. The van der Waals surface area contributed by atoms with E-state index in [4.69, 9.17) is 9.47 Å². The summed E-state index contributed by atoms with van der Waals surface area (Å²) in [6.45, 7) is 2.27. The number of carbonyl (C=O) groups excluding carboxylic acids is 1. The zero-order valence-corrected chi connectivity index (χ0v) is 18.6. The van der Waals surface area contributed by atoms with Crippen LogP contribution >= 0.6 is 0 Å². The third-order valence-electron chi connectivity index (χ3n) is 5.46. The van der Waals surface area contributed by atoms with Gasteiger partial charge >= 0.3 is 0 Å². The van der Waals surface area contributed by atoms with Gasteiger partial charge in [-0.2, -0.15) is 0 Å². The second kappa shape index (κ2) is 16.4. The molecule has 0 atom stereocenters. The van der Waals surface area contributed by atoms with E-state index in [1.807, 2.05) is 6.07 Å². The maximum atomic E-state index is 12.3. The number of benzene rings is 1. The molecule has 0 fully saturated rings. The van der Waals surface area contributed by atoms with E-state index in [1.165, 1.54) is 77.0 Å². The van der Waals surface area contributed by atoms with Crippen LogP contribution in [-0.2, 0) is 0 Å². The third-order valence-corrected chi connectivity index (χ3v) is 5.46. The molecule has 0 saturated carbocycles. The molecule has 0 aliphatic heterocycles. The molecule has 3 nitrogen and oxygen atoms in total. The quantitative estimate of drug-likeness (QED) is 0.190. The molecule has 0 radical (unpaired) electrons. The Morgan fingerprint density at radius 2 is 1.14 bits per heavy atom. The average molecular weight is 391 g/mol. The molecule has 1 aromatic rings. The molecular formula is C25H42O3. The zero-order valence-electron chi connectivity index (χ0n) is 18.6. The fraction of sp³-hybridized carbons (Fsp3) is 0.720. The molecule has 0 aliphatic rings. The van der Waals surface area contributed by atoms with Crippen molar-refractivity contribution in [2.75, 3.05) is 14.2 Å². The second-order valence-corrected chi connectivity index (χ2v) is 7.84. The lowest BCUT2D eigenvalue weighted by Gasteiger charge is -2.09. The van der Waals surface area contributed by atoms with Crippen molar-refractivity contribution in [2.45, 2.75) is 103 Å². The van der Waals surface area contributed by atoms with Crippen LogP contribution in [0.25, 0.3) is 0 Å². The van der Waals surface area contributed by atoms with E-state index in [1.54, 1.807) is 26.4 Å². The van der Waals surface area contributed by atoms with Gasteiger partial charge in [0, 0.05) is 12.0 Å². The predicted octanol–water partition coefficient (Wildman–Crippen LogP) is 7.76. The van der Waals surface area contributed by atoms with Gasteiger partial charge in [-0.05, 0) is 24.6 Å². The highest BCUT2D eigenvalue weighted by atomic mass is 16.5. The Morgan fingerprint density at radius 3 is 1.61 bits per heavy atom. The summed E-state index contributed by atoms with van der Waals surface area (Å²) in [5, 5.41) is 0. The minimum atomic E-state index is 0.194.